The molecule has 1 aromatic carbocycles. The van der Waals surface area contributed by atoms with Gasteiger partial charge in [-0.2, -0.15) is 0 Å². The van der Waals surface area contributed by atoms with E-state index in [4.69, 9.17) is 26.8 Å². The number of piperidine rings is 1. The Balaban J connectivity index is 1.74. The summed E-state index contributed by atoms with van der Waals surface area (Å²) in [5.41, 5.74) is 6.31. The number of carbonyl (C=O) groups excluding carboxylic acids is 1. The third-order valence-corrected chi connectivity index (χ3v) is 4.48. The van der Waals surface area contributed by atoms with Crippen LogP contribution in [0, 0.1) is 6.92 Å². The standard InChI is InChI=1S/C17H25ClN2O3/c1-13-15(18)4-2-5-16(13)23-12-17(21)20-9-6-14(7-10-20)22-11-3-8-19/h2,4-5,14H,3,6-12,19H2,1H3. The molecule has 5 nitrogen and oxygen atoms in total. The van der Waals surface area contributed by atoms with Crippen molar-refractivity contribution in [3.05, 3.63) is 28.8 Å². The van der Waals surface area contributed by atoms with Gasteiger partial charge in [0.05, 0.1) is 6.10 Å². The lowest BCUT2D eigenvalue weighted by Gasteiger charge is -2.32. The summed E-state index contributed by atoms with van der Waals surface area (Å²) in [6, 6.07) is 5.45. The van der Waals surface area contributed by atoms with Crippen molar-refractivity contribution in [1.29, 1.82) is 0 Å². The third-order valence-electron chi connectivity index (χ3n) is 4.07. The van der Waals surface area contributed by atoms with Gasteiger partial charge in [-0.25, -0.2) is 0 Å². The maximum absolute atomic E-state index is 12.2. The molecule has 1 aliphatic rings. The minimum Gasteiger partial charge on any atom is -0.483 e. The van der Waals surface area contributed by atoms with Crippen molar-refractivity contribution in [2.75, 3.05) is 32.8 Å². The van der Waals surface area contributed by atoms with Gasteiger partial charge in [0.15, 0.2) is 6.61 Å². The summed E-state index contributed by atoms with van der Waals surface area (Å²) in [5, 5.41) is 0.644. The van der Waals surface area contributed by atoms with E-state index in [0.717, 1.165) is 24.8 Å². The molecule has 23 heavy (non-hydrogen) atoms. The fourth-order valence-electron chi connectivity index (χ4n) is 2.58. The van der Waals surface area contributed by atoms with Crippen LogP contribution in [0.4, 0.5) is 0 Å². The van der Waals surface area contributed by atoms with Crippen molar-refractivity contribution in [3.63, 3.8) is 0 Å². The Morgan fingerprint density at radius 3 is 2.83 bits per heavy atom. The van der Waals surface area contributed by atoms with Crippen molar-refractivity contribution in [2.45, 2.75) is 32.3 Å². The molecule has 1 fully saturated rings. The number of amides is 1. The molecule has 0 atom stereocenters. The van der Waals surface area contributed by atoms with E-state index < -0.39 is 0 Å². The second kappa shape index (κ2) is 9.11. The molecule has 0 saturated carbocycles. The van der Waals surface area contributed by atoms with E-state index in [9.17, 15) is 4.79 Å². The molecule has 128 valence electrons. The lowest BCUT2D eigenvalue weighted by atomic mass is 10.1. The van der Waals surface area contributed by atoms with Crippen molar-refractivity contribution in [1.82, 2.24) is 4.90 Å². The monoisotopic (exact) mass is 340 g/mol. The van der Waals surface area contributed by atoms with Crippen LogP contribution >= 0.6 is 11.6 Å². The van der Waals surface area contributed by atoms with Gasteiger partial charge in [-0.1, -0.05) is 17.7 Å². The molecule has 6 heteroatoms. The minimum absolute atomic E-state index is 0.00443. The highest BCUT2D eigenvalue weighted by Gasteiger charge is 2.23. The number of halogens is 1. The SMILES string of the molecule is Cc1c(Cl)cccc1OCC(=O)N1CCC(OCCCN)CC1. The van der Waals surface area contributed by atoms with E-state index in [2.05, 4.69) is 0 Å². The molecule has 0 radical (unpaired) electrons. The van der Waals surface area contributed by atoms with Crippen LogP contribution in [0.3, 0.4) is 0 Å². The Hall–Kier alpha value is -1.30. The zero-order valence-electron chi connectivity index (χ0n) is 13.6. The summed E-state index contributed by atoms with van der Waals surface area (Å²) in [4.78, 5) is 14.1. The molecular weight excluding hydrogens is 316 g/mol. The number of likely N-dealkylation sites (tertiary alicyclic amines) is 1. The van der Waals surface area contributed by atoms with Crippen LogP contribution in [0.1, 0.15) is 24.8 Å². The molecular formula is C17H25ClN2O3. The normalized spacial score (nSPS) is 15.7. The quantitative estimate of drug-likeness (QED) is 0.774. The van der Waals surface area contributed by atoms with E-state index in [-0.39, 0.29) is 18.6 Å². The van der Waals surface area contributed by atoms with Gasteiger partial charge in [-0.05, 0) is 44.9 Å². The van der Waals surface area contributed by atoms with Crippen LogP contribution in [0.25, 0.3) is 0 Å². The molecule has 0 aromatic heterocycles. The second-order valence-corrected chi connectivity index (χ2v) is 6.15. The Kier molecular flexibility index (Phi) is 7.15. The van der Waals surface area contributed by atoms with Crippen molar-refractivity contribution >= 4 is 17.5 Å². The highest BCUT2D eigenvalue weighted by Crippen LogP contribution is 2.25. The van der Waals surface area contributed by atoms with Gasteiger partial charge in [0, 0.05) is 30.3 Å². The molecule has 0 spiro atoms. The van der Waals surface area contributed by atoms with E-state index in [1.807, 2.05) is 24.0 Å². The molecule has 0 unspecified atom stereocenters. The number of ether oxygens (including phenoxy) is 2. The van der Waals surface area contributed by atoms with Gasteiger partial charge >= 0.3 is 0 Å². The van der Waals surface area contributed by atoms with Crippen molar-refractivity contribution < 1.29 is 14.3 Å². The largest absolute Gasteiger partial charge is 0.483 e. The van der Waals surface area contributed by atoms with Gasteiger partial charge in [0.2, 0.25) is 0 Å². The zero-order valence-corrected chi connectivity index (χ0v) is 14.3. The second-order valence-electron chi connectivity index (χ2n) is 5.74. The van der Waals surface area contributed by atoms with Gasteiger partial charge in [-0.15, -0.1) is 0 Å². The number of hydrogen-bond donors (Lipinski definition) is 1. The summed E-state index contributed by atoms with van der Waals surface area (Å²) < 4.78 is 11.4. The number of nitrogens with zero attached hydrogens (tertiary/aromatic N) is 1. The zero-order chi connectivity index (χ0) is 16.7. The Labute approximate surface area is 142 Å². The molecule has 0 aliphatic carbocycles. The molecule has 1 heterocycles. The Bertz CT molecular complexity index is 517. The predicted molar refractivity (Wildman–Crippen MR) is 90.9 cm³/mol. The van der Waals surface area contributed by atoms with Crippen LogP contribution in [0.2, 0.25) is 5.02 Å². The highest BCUT2D eigenvalue weighted by atomic mass is 35.5. The summed E-state index contributed by atoms with van der Waals surface area (Å²) in [7, 11) is 0. The molecule has 1 saturated heterocycles. The summed E-state index contributed by atoms with van der Waals surface area (Å²) in [5.74, 6) is 0.663. The lowest BCUT2D eigenvalue weighted by Crippen LogP contribution is -2.43. The lowest BCUT2D eigenvalue weighted by molar-refractivity contribution is -0.136. The number of hydrogen-bond acceptors (Lipinski definition) is 4. The number of rotatable bonds is 7. The van der Waals surface area contributed by atoms with Gasteiger partial charge in [0.25, 0.3) is 5.91 Å². The molecule has 2 rings (SSSR count). The predicted octanol–water partition coefficient (Wildman–Crippen LogP) is 2.38. The molecule has 0 bridgehead atoms. The summed E-state index contributed by atoms with van der Waals surface area (Å²) >= 11 is 6.05. The van der Waals surface area contributed by atoms with Crippen molar-refractivity contribution in [3.8, 4) is 5.75 Å². The number of carbonyl (C=O) groups is 1. The average molecular weight is 341 g/mol. The topological polar surface area (TPSA) is 64.8 Å². The molecule has 1 amide bonds. The van der Waals surface area contributed by atoms with Crippen LogP contribution in [-0.4, -0.2) is 49.8 Å². The third kappa shape index (κ3) is 5.37. The molecule has 1 aromatic rings. The average Bonchev–Trinajstić information content (AvgIpc) is 2.57. The Morgan fingerprint density at radius 2 is 2.13 bits per heavy atom. The molecule has 1 aliphatic heterocycles. The fraction of sp³-hybridized carbons (Fsp3) is 0.588. The number of benzene rings is 1. The van der Waals surface area contributed by atoms with Crippen LogP contribution in [-0.2, 0) is 9.53 Å². The first-order valence-corrected chi connectivity index (χ1v) is 8.47. The van der Waals surface area contributed by atoms with E-state index in [0.29, 0.717) is 37.0 Å². The summed E-state index contributed by atoms with van der Waals surface area (Å²) in [6.07, 6.45) is 2.85. The first-order chi connectivity index (χ1) is 11.1. The van der Waals surface area contributed by atoms with Crippen LogP contribution < -0.4 is 10.5 Å². The first-order valence-electron chi connectivity index (χ1n) is 8.09. The summed E-state index contributed by atoms with van der Waals surface area (Å²) in [6.45, 7) is 4.70. The van der Waals surface area contributed by atoms with Crippen LogP contribution in [0.15, 0.2) is 18.2 Å². The molecule has 2 N–H and O–H groups in total. The highest BCUT2D eigenvalue weighted by molar-refractivity contribution is 6.31. The fourth-order valence-corrected chi connectivity index (χ4v) is 2.75. The Morgan fingerprint density at radius 1 is 1.39 bits per heavy atom. The smallest absolute Gasteiger partial charge is 0.260 e. The van der Waals surface area contributed by atoms with E-state index in [1.54, 1.807) is 6.07 Å². The van der Waals surface area contributed by atoms with Gasteiger partial charge in [0.1, 0.15) is 5.75 Å². The van der Waals surface area contributed by atoms with Crippen LogP contribution in [0.5, 0.6) is 5.75 Å². The number of nitrogens with two attached hydrogens (primary N) is 1. The van der Waals surface area contributed by atoms with Gasteiger partial charge in [-0.3, -0.25) is 4.79 Å². The maximum Gasteiger partial charge on any atom is 0.260 e. The minimum atomic E-state index is 0.00443. The maximum atomic E-state index is 12.2. The first kappa shape index (κ1) is 18.0. The van der Waals surface area contributed by atoms with Gasteiger partial charge < -0.3 is 20.1 Å². The van der Waals surface area contributed by atoms with E-state index in [1.165, 1.54) is 0 Å². The van der Waals surface area contributed by atoms with E-state index >= 15 is 0 Å². The van der Waals surface area contributed by atoms with Crippen molar-refractivity contribution in [2.24, 2.45) is 5.73 Å².